The van der Waals surface area contributed by atoms with Crippen LogP contribution < -0.4 is 10.9 Å². The van der Waals surface area contributed by atoms with Crippen LogP contribution in [-0.4, -0.2) is 35.7 Å². The Hall–Kier alpha value is -2.50. The zero-order valence-corrected chi connectivity index (χ0v) is 15.3. The van der Waals surface area contributed by atoms with Crippen LogP contribution in [0.5, 0.6) is 0 Å². The first-order valence-electron chi connectivity index (χ1n) is 9.66. The number of benzene rings is 2. The molecule has 0 bridgehead atoms. The predicted octanol–water partition coefficient (Wildman–Crippen LogP) is 2.72. The Morgan fingerprint density at radius 2 is 1.48 bits per heavy atom. The second kappa shape index (κ2) is 8.03. The zero-order chi connectivity index (χ0) is 18.6. The molecule has 2 atom stereocenters. The van der Waals surface area contributed by atoms with Crippen molar-refractivity contribution in [3.05, 3.63) is 71.8 Å². The molecule has 27 heavy (non-hydrogen) atoms. The highest BCUT2D eigenvalue weighted by molar-refractivity contribution is 5.98. The molecule has 0 aromatic heterocycles. The van der Waals surface area contributed by atoms with Crippen LogP contribution >= 0.6 is 0 Å². The van der Waals surface area contributed by atoms with Gasteiger partial charge < -0.3 is 4.90 Å². The number of hydrogen-bond donors (Lipinski definition) is 2. The fourth-order valence-electron chi connectivity index (χ4n) is 4.04. The summed E-state index contributed by atoms with van der Waals surface area (Å²) in [6, 6.07) is 19.6. The molecule has 2 unspecified atom stereocenters. The van der Waals surface area contributed by atoms with E-state index in [1.807, 2.05) is 53.4 Å². The third-order valence-electron chi connectivity index (χ3n) is 5.64. The topological polar surface area (TPSA) is 61.4 Å². The second-order valence-electron chi connectivity index (χ2n) is 7.37. The zero-order valence-electron chi connectivity index (χ0n) is 15.3. The molecule has 2 N–H and O–H groups in total. The Labute approximate surface area is 159 Å². The van der Waals surface area contributed by atoms with Crippen LogP contribution in [0.1, 0.15) is 41.2 Å². The van der Waals surface area contributed by atoms with Gasteiger partial charge in [0.2, 0.25) is 5.91 Å². The Morgan fingerprint density at radius 1 is 0.852 bits per heavy atom. The number of Topliss-reactive ketones (excluding diaryl/α,β-unsaturated/α-hetero) is 1. The van der Waals surface area contributed by atoms with E-state index in [4.69, 9.17) is 0 Å². The van der Waals surface area contributed by atoms with Crippen molar-refractivity contribution in [2.24, 2.45) is 5.92 Å². The van der Waals surface area contributed by atoms with Crippen molar-refractivity contribution in [1.82, 2.24) is 15.8 Å². The van der Waals surface area contributed by atoms with Crippen molar-refractivity contribution in [2.75, 3.05) is 13.1 Å². The molecule has 2 fully saturated rings. The van der Waals surface area contributed by atoms with Gasteiger partial charge in [0.1, 0.15) is 6.04 Å². The number of likely N-dealkylation sites (tertiary alicyclic amines) is 1. The number of piperidine rings is 1. The average molecular weight is 363 g/mol. The Kier molecular flexibility index (Phi) is 5.32. The summed E-state index contributed by atoms with van der Waals surface area (Å²) in [6.07, 6.45) is 2.22. The van der Waals surface area contributed by atoms with Crippen LogP contribution in [-0.2, 0) is 4.79 Å². The molecular weight excluding hydrogens is 338 g/mol. The van der Waals surface area contributed by atoms with Gasteiger partial charge >= 0.3 is 0 Å². The lowest BCUT2D eigenvalue weighted by Gasteiger charge is -2.32. The quantitative estimate of drug-likeness (QED) is 0.820. The van der Waals surface area contributed by atoms with Crippen LogP contribution in [0.4, 0.5) is 0 Å². The molecule has 2 aliphatic heterocycles. The van der Waals surface area contributed by atoms with Crippen molar-refractivity contribution in [2.45, 2.75) is 31.3 Å². The third kappa shape index (κ3) is 3.94. The predicted molar refractivity (Wildman–Crippen MR) is 104 cm³/mol. The summed E-state index contributed by atoms with van der Waals surface area (Å²) in [5.74, 6) is 0.349. The van der Waals surface area contributed by atoms with E-state index in [-0.39, 0.29) is 29.7 Å². The van der Waals surface area contributed by atoms with Crippen molar-refractivity contribution >= 4 is 11.7 Å². The number of rotatable bonds is 4. The lowest BCUT2D eigenvalue weighted by molar-refractivity contribution is -0.134. The number of nitrogens with one attached hydrogen (secondary N) is 2. The SMILES string of the molecule is O=C(c1ccccc1)C1CCN(C(=O)C2CC(c3ccccc3)NN2)CC1. The number of amides is 1. The molecule has 0 radical (unpaired) electrons. The largest absolute Gasteiger partial charge is 0.341 e. The Balaban J connectivity index is 1.31. The van der Waals surface area contributed by atoms with E-state index in [1.54, 1.807) is 0 Å². The minimum Gasteiger partial charge on any atom is -0.341 e. The highest BCUT2D eigenvalue weighted by Crippen LogP contribution is 2.26. The summed E-state index contributed by atoms with van der Waals surface area (Å²) in [7, 11) is 0. The molecule has 2 aliphatic rings. The molecule has 5 heteroatoms. The van der Waals surface area contributed by atoms with Crippen LogP contribution in [0.25, 0.3) is 0 Å². The van der Waals surface area contributed by atoms with Gasteiger partial charge in [0, 0.05) is 30.6 Å². The summed E-state index contributed by atoms with van der Waals surface area (Å²) in [5.41, 5.74) is 8.35. The van der Waals surface area contributed by atoms with Crippen LogP contribution in [0, 0.1) is 5.92 Å². The summed E-state index contributed by atoms with van der Waals surface area (Å²) in [6.45, 7) is 1.30. The van der Waals surface area contributed by atoms with E-state index in [1.165, 1.54) is 5.56 Å². The van der Waals surface area contributed by atoms with Gasteiger partial charge in [0.15, 0.2) is 5.78 Å². The van der Waals surface area contributed by atoms with E-state index in [0.717, 1.165) is 24.8 Å². The molecule has 140 valence electrons. The maximum atomic E-state index is 12.9. The first kappa shape index (κ1) is 17.9. The van der Waals surface area contributed by atoms with Gasteiger partial charge in [0.05, 0.1) is 0 Å². The highest BCUT2D eigenvalue weighted by Gasteiger charge is 2.35. The minimum absolute atomic E-state index is 0.0168. The second-order valence-corrected chi connectivity index (χ2v) is 7.37. The first-order valence-corrected chi connectivity index (χ1v) is 9.66. The minimum atomic E-state index is -0.211. The fraction of sp³-hybridized carbons (Fsp3) is 0.364. The van der Waals surface area contributed by atoms with Gasteiger partial charge in [-0.25, -0.2) is 10.9 Å². The fourth-order valence-corrected chi connectivity index (χ4v) is 4.04. The lowest BCUT2D eigenvalue weighted by Crippen LogP contribution is -2.49. The number of hydrogen-bond acceptors (Lipinski definition) is 4. The molecule has 2 heterocycles. The molecule has 1 amide bonds. The number of carbonyl (C=O) groups excluding carboxylic acids is 2. The molecular formula is C22H25N3O2. The Bertz CT molecular complexity index is 786. The summed E-state index contributed by atoms with van der Waals surface area (Å²) < 4.78 is 0. The normalized spacial score (nSPS) is 23.3. The molecule has 0 saturated carbocycles. The summed E-state index contributed by atoms with van der Waals surface area (Å²) >= 11 is 0. The van der Waals surface area contributed by atoms with Crippen LogP contribution in [0.2, 0.25) is 0 Å². The van der Waals surface area contributed by atoms with Crippen molar-refractivity contribution in [3.8, 4) is 0 Å². The monoisotopic (exact) mass is 363 g/mol. The molecule has 2 saturated heterocycles. The number of hydrazine groups is 1. The lowest BCUT2D eigenvalue weighted by atomic mass is 9.88. The molecule has 4 rings (SSSR count). The molecule has 2 aromatic rings. The van der Waals surface area contributed by atoms with Gasteiger partial charge in [-0.05, 0) is 24.8 Å². The molecule has 2 aromatic carbocycles. The smallest absolute Gasteiger partial charge is 0.241 e. The third-order valence-corrected chi connectivity index (χ3v) is 5.64. The maximum absolute atomic E-state index is 12.9. The first-order chi connectivity index (χ1) is 13.2. The molecule has 0 spiro atoms. The van der Waals surface area contributed by atoms with Crippen molar-refractivity contribution in [3.63, 3.8) is 0 Å². The van der Waals surface area contributed by atoms with E-state index >= 15 is 0 Å². The van der Waals surface area contributed by atoms with Crippen molar-refractivity contribution in [1.29, 1.82) is 0 Å². The van der Waals surface area contributed by atoms with Gasteiger partial charge in [0.25, 0.3) is 0 Å². The average Bonchev–Trinajstić information content (AvgIpc) is 3.24. The number of nitrogens with zero attached hydrogens (tertiary/aromatic N) is 1. The van der Waals surface area contributed by atoms with E-state index in [0.29, 0.717) is 13.1 Å². The Morgan fingerprint density at radius 3 is 2.15 bits per heavy atom. The van der Waals surface area contributed by atoms with Gasteiger partial charge in [-0.3, -0.25) is 9.59 Å². The van der Waals surface area contributed by atoms with E-state index < -0.39 is 0 Å². The summed E-state index contributed by atoms with van der Waals surface area (Å²) in [5, 5.41) is 0. The maximum Gasteiger partial charge on any atom is 0.241 e. The molecule has 0 aliphatic carbocycles. The van der Waals surface area contributed by atoms with Crippen molar-refractivity contribution < 1.29 is 9.59 Å². The summed E-state index contributed by atoms with van der Waals surface area (Å²) in [4.78, 5) is 27.4. The van der Waals surface area contributed by atoms with Crippen LogP contribution in [0.3, 0.4) is 0 Å². The number of ketones is 1. The van der Waals surface area contributed by atoms with Gasteiger partial charge in [-0.15, -0.1) is 0 Å². The van der Waals surface area contributed by atoms with Gasteiger partial charge in [-0.2, -0.15) is 0 Å². The van der Waals surface area contributed by atoms with E-state index in [9.17, 15) is 9.59 Å². The van der Waals surface area contributed by atoms with Crippen LogP contribution in [0.15, 0.2) is 60.7 Å². The standard InChI is InChI=1S/C22H25N3O2/c26-21(17-9-5-2-6-10-17)18-11-13-25(14-12-18)22(27)20-15-19(23-24-20)16-7-3-1-4-8-16/h1-10,18-20,23-24H,11-15H2. The highest BCUT2D eigenvalue weighted by atomic mass is 16.2. The number of carbonyl (C=O) groups is 2. The van der Waals surface area contributed by atoms with Gasteiger partial charge in [-0.1, -0.05) is 60.7 Å². The molecule has 5 nitrogen and oxygen atoms in total. The van der Waals surface area contributed by atoms with E-state index in [2.05, 4.69) is 23.0 Å².